The molecule has 58 heavy (non-hydrogen) atoms. The highest BCUT2D eigenvalue weighted by atomic mass is 19.1. The Morgan fingerprint density at radius 3 is 2.31 bits per heavy atom. The molecule has 3 fully saturated rings. The van der Waals surface area contributed by atoms with Crippen molar-refractivity contribution in [3.63, 3.8) is 0 Å². The van der Waals surface area contributed by atoms with Crippen LogP contribution in [-0.4, -0.2) is 84.8 Å². The van der Waals surface area contributed by atoms with Crippen LogP contribution in [0.2, 0.25) is 0 Å². The first kappa shape index (κ1) is 39.5. The number of methoxy groups -OCH3 is 1. The Morgan fingerprint density at radius 1 is 0.776 bits per heavy atom. The normalized spacial score (nSPS) is 20.2. The van der Waals surface area contributed by atoms with Gasteiger partial charge in [0.2, 0.25) is 11.8 Å². The van der Waals surface area contributed by atoms with E-state index in [0.29, 0.717) is 33.9 Å². The molecule has 4 heterocycles. The Hall–Kier alpha value is -5.30. The summed E-state index contributed by atoms with van der Waals surface area (Å²) >= 11 is 0. The largest absolute Gasteiger partial charge is 0.493 e. The maximum atomic E-state index is 14.8. The van der Waals surface area contributed by atoms with Crippen LogP contribution in [0.5, 0.6) is 11.5 Å². The van der Waals surface area contributed by atoms with Crippen molar-refractivity contribution in [3.05, 3.63) is 82.2 Å². The number of amides is 5. The van der Waals surface area contributed by atoms with Crippen LogP contribution in [0.25, 0.3) is 0 Å². The standard InChI is InChI=1S/C45H52FN5O7/c1-57-39-15-12-31(26-40(39)58-32-9-5-6-10-32)51-44(55)33-13-11-30(25-36(33)45(51)56)47-19-7-3-2-4-8-20-49-21-17-28(18-22-49)34-23-29(46)24-35-37(34)27-50(43(35)54)38-14-16-41(52)48-42(38)53/h11-13,15,23-26,28,32,38,47H,2-10,14,16-22,27H2,1H3,(H,48,52,53). The summed E-state index contributed by atoms with van der Waals surface area (Å²) in [6, 6.07) is 12.7. The van der Waals surface area contributed by atoms with Crippen molar-refractivity contribution in [2.75, 3.05) is 43.5 Å². The maximum Gasteiger partial charge on any atom is 0.266 e. The zero-order chi connectivity index (χ0) is 40.3. The molecule has 306 valence electrons. The number of halogens is 1. The smallest absolute Gasteiger partial charge is 0.266 e. The van der Waals surface area contributed by atoms with E-state index in [1.807, 2.05) is 6.07 Å². The van der Waals surface area contributed by atoms with E-state index in [2.05, 4.69) is 15.5 Å². The lowest BCUT2D eigenvalue weighted by Crippen LogP contribution is -2.52. The van der Waals surface area contributed by atoms with Gasteiger partial charge in [0.25, 0.3) is 17.7 Å². The number of imide groups is 2. The second-order valence-electron chi connectivity index (χ2n) is 16.3. The molecule has 1 saturated carbocycles. The topological polar surface area (TPSA) is 138 Å². The number of carbonyl (C=O) groups is 5. The van der Waals surface area contributed by atoms with Crippen molar-refractivity contribution in [1.29, 1.82) is 0 Å². The molecule has 0 aromatic heterocycles. The van der Waals surface area contributed by atoms with Gasteiger partial charge in [0.15, 0.2) is 11.5 Å². The molecule has 1 unspecified atom stereocenters. The Balaban J connectivity index is 0.750. The highest BCUT2D eigenvalue weighted by Crippen LogP contribution is 2.40. The van der Waals surface area contributed by atoms with E-state index >= 15 is 0 Å². The van der Waals surface area contributed by atoms with Crippen molar-refractivity contribution in [2.45, 2.75) is 108 Å². The van der Waals surface area contributed by atoms with Crippen LogP contribution in [0.4, 0.5) is 15.8 Å². The number of nitrogens with one attached hydrogen (secondary N) is 2. The summed E-state index contributed by atoms with van der Waals surface area (Å²) in [6.45, 7) is 3.86. The Bertz CT molecular complexity index is 2090. The highest BCUT2D eigenvalue weighted by Gasteiger charge is 2.41. The molecular weight excluding hydrogens is 742 g/mol. The number of carbonyl (C=O) groups excluding carboxylic acids is 5. The molecule has 2 saturated heterocycles. The minimum Gasteiger partial charge on any atom is -0.493 e. The third-order valence-electron chi connectivity index (χ3n) is 12.6. The number of rotatable bonds is 15. The van der Waals surface area contributed by atoms with Crippen LogP contribution in [0.15, 0.2) is 48.5 Å². The molecule has 0 spiro atoms. The molecule has 2 N–H and O–H groups in total. The predicted octanol–water partition coefficient (Wildman–Crippen LogP) is 6.96. The first-order chi connectivity index (χ1) is 28.2. The van der Waals surface area contributed by atoms with Crippen molar-refractivity contribution in [3.8, 4) is 11.5 Å². The number of hydrogen-bond donors (Lipinski definition) is 2. The average molecular weight is 794 g/mol. The van der Waals surface area contributed by atoms with Crippen LogP contribution in [0.1, 0.15) is 132 Å². The van der Waals surface area contributed by atoms with Gasteiger partial charge in [0, 0.05) is 36.8 Å². The molecule has 3 aromatic carbocycles. The van der Waals surface area contributed by atoms with Gasteiger partial charge in [0.05, 0.1) is 30.0 Å². The fourth-order valence-electron chi connectivity index (χ4n) is 9.38. The van der Waals surface area contributed by atoms with Gasteiger partial charge in [-0.25, -0.2) is 9.29 Å². The molecule has 1 atom stereocenters. The Kier molecular flexibility index (Phi) is 11.8. The lowest BCUT2D eigenvalue weighted by Gasteiger charge is -2.33. The maximum absolute atomic E-state index is 14.8. The number of ether oxygens (including phenoxy) is 2. The van der Waals surface area contributed by atoms with Crippen LogP contribution >= 0.6 is 0 Å². The molecule has 8 rings (SSSR count). The van der Waals surface area contributed by atoms with Gasteiger partial charge in [-0.15, -0.1) is 0 Å². The van der Waals surface area contributed by atoms with Crippen molar-refractivity contribution in [1.82, 2.24) is 15.1 Å². The van der Waals surface area contributed by atoms with E-state index < -0.39 is 17.8 Å². The van der Waals surface area contributed by atoms with E-state index in [4.69, 9.17) is 9.47 Å². The summed E-state index contributed by atoms with van der Waals surface area (Å²) in [5.41, 5.74) is 4.09. The van der Waals surface area contributed by atoms with Crippen molar-refractivity contribution in [2.24, 2.45) is 0 Å². The minimum atomic E-state index is -0.717. The quantitative estimate of drug-likeness (QED) is 0.124. The SMILES string of the molecule is COc1ccc(N2C(=O)c3ccc(NCCCCCCCN4CCC(c5cc(F)cc6c5CN(C5CCC(=O)NC5=O)C6=O)CC4)cc3C2=O)cc1OC1CCCC1. The molecular formula is C45H52FN5O7. The fourth-order valence-corrected chi connectivity index (χ4v) is 9.38. The summed E-state index contributed by atoms with van der Waals surface area (Å²) in [4.78, 5) is 69.6. The average Bonchev–Trinajstić information content (AvgIpc) is 3.92. The van der Waals surface area contributed by atoms with Gasteiger partial charge in [-0.3, -0.25) is 29.3 Å². The molecule has 4 aliphatic heterocycles. The zero-order valence-electron chi connectivity index (χ0n) is 33.2. The third kappa shape index (κ3) is 8.18. The van der Waals surface area contributed by atoms with E-state index in [0.717, 1.165) is 114 Å². The molecule has 3 aromatic rings. The van der Waals surface area contributed by atoms with E-state index in [1.165, 1.54) is 15.9 Å². The van der Waals surface area contributed by atoms with E-state index in [9.17, 15) is 28.4 Å². The summed E-state index contributed by atoms with van der Waals surface area (Å²) < 4.78 is 26.5. The summed E-state index contributed by atoms with van der Waals surface area (Å²) in [5.74, 6) is -0.997. The number of unbranched alkanes of at least 4 members (excludes halogenated alkanes) is 4. The molecule has 5 amide bonds. The molecule has 12 nitrogen and oxygen atoms in total. The third-order valence-corrected chi connectivity index (χ3v) is 12.6. The summed E-state index contributed by atoms with van der Waals surface area (Å²) in [7, 11) is 1.58. The van der Waals surface area contributed by atoms with Gasteiger partial charge >= 0.3 is 0 Å². The number of piperidine rings is 2. The lowest BCUT2D eigenvalue weighted by atomic mass is 9.85. The number of fused-ring (bicyclic) bond motifs is 2. The van der Waals surface area contributed by atoms with Gasteiger partial charge < -0.3 is 24.6 Å². The summed E-state index contributed by atoms with van der Waals surface area (Å²) in [5, 5.41) is 5.76. The van der Waals surface area contributed by atoms with Gasteiger partial charge in [-0.1, -0.05) is 19.3 Å². The number of benzene rings is 3. The molecule has 13 heteroatoms. The molecule has 1 aliphatic carbocycles. The van der Waals surface area contributed by atoms with Gasteiger partial charge in [-0.2, -0.15) is 0 Å². The predicted molar refractivity (Wildman–Crippen MR) is 216 cm³/mol. The number of hydrogen-bond acceptors (Lipinski definition) is 9. The van der Waals surface area contributed by atoms with Crippen LogP contribution < -0.4 is 25.0 Å². The lowest BCUT2D eigenvalue weighted by molar-refractivity contribution is -0.136. The first-order valence-electron chi connectivity index (χ1n) is 21.0. The number of anilines is 2. The summed E-state index contributed by atoms with van der Waals surface area (Å²) in [6.07, 6.45) is 11.9. The highest BCUT2D eigenvalue weighted by molar-refractivity contribution is 6.34. The molecule has 5 aliphatic rings. The molecule has 0 bridgehead atoms. The monoisotopic (exact) mass is 793 g/mol. The Morgan fingerprint density at radius 2 is 1.53 bits per heavy atom. The van der Waals surface area contributed by atoms with Crippen LogP contribution in [0, 0.1) is 5.82 Å². The van der Waals surface area contributed by atoms with E-state index in [-0.39, 0.29) is 55.0 Å². The van der Waals surface area contributed by atoms with Crippen LogP contribution in [0.3, 0.4) is 0 Å². The van der Waals surface area contributed by atoms with E-state index in [1.54, 1.807) is 43.5 Å². The fraction of sp³-hybridized carbons (Fsp3) is 0.489. The second-order valence-corrected chi connectivity index (χ2v) is 16.3. The van der Waals surface area contributed by atoms with Crippen molar-refractivity contribution >= 4 is 40.9 Å². The number of nitrogens with zero attached hydrogens (tertiary/aromatic N) is 3. The second kappa shape index (κ2) is 17.3. The minimum absolute atomic E-state index is 0.104. The first-order valence-corrected chi connectivity index (χ1v) is 21.0. The molecule has 0 radical (unpaired) electrons. The Labute approximate surface area is 338 Å². The van der Waals surface area contributed by atoms with Gasteiger partial charge in [0.1, 0.15) is 11.9 Å². The van der Waals surface area contributed by atoms with Crippen molar-refractivity contribution < 1.29 is 37.8 Å². The van der Waals surface area contributed by atoms with Crippen LogP contribution in [-0.2, 0) is 16.1 Å². The number of likely N-dealkylation sites (tertiary alicyclic amines) is 1. The van der Waals surface area contributed by atoms with Gasteiger partial charge in [-0.05, 0) is 137 Å². The zero-order valence-corrected chi connectivity index (χ0v) is 33.2.